The maximum atomic E-state index is 12.9. The van der Waals surface area contributed by atoms with Gasteiger partial charge in [0.2, 0.25) is 5.91 Å². The van der Waals surface area contributed by atoms with Crippen molar-refractivity contribution in [2.75, 3.05) is 0 Å². The summed E-state index contributed by atoms with van der Waals surface area (Å²) in [6, 6.07) is 22.5. The molecule has 8 heteroatoms. The van der Waals surface area contributed by atoms with Crippen molar-refractivity contribution in [3.05, 3.63) is 106 Å². The number of aryl methyl sites for hydroxylation is 1. The van der Waals surface area contributed by atoms with Gasteiger partial charge in [-0.05, 0) is 54.3 Å². The first kappa shape index (κ1) is 24.5. The molecule has 6 nitrogen and oxygen atoms in total. The minimum absolute atomic E-state index is 0.101. The van der Waals surface area contributed by atoms with E-state index in [1.54, 1.807) is 48.5 Å². The van der Waals surface area contributed by atoms with E-state index in [4.69, 9.17) is 11.6 Å². The summed E-state index contributed by atoms with van der Waals surface area (Å²) >= 11 is 6.13. The predicted molar refractivity (Wildman–Crippen MR) is 130 cm³/mol. The van der Waals surface area contributed by atoms with Gasteiger partial charge in [-0.2, -0.15) is 0 Å². The van der Waals surface area contributed by atoms with Gasteiger partial charge in [-0.25, -0.2) is 0 Å². The lowest BCUT2D eigenvalue weighted by molar-refractivity contribution is -0.122. The van der Waals surface area contributed by atoms with E-state index in [1.807, 2.05) is 37.3 Å². The Morgan fingerprint density at radius 2 is 1.64 bits per heavy atom. The van der Waals surface area contributed by atoms with E-state index in [-0.39, 0.29) is 18.7 Å². The van der Waals surface area contributed by atoms with Crippen LogP contribution < -0.4 is 10.6 Å². The molecule has 0 heterocycles. The summed E-state index contributed by atoms with van der Waals surface area (Å²) in [7, 11) is -1.74. The monoisotopic (exact) mass is 464 g/mol. The van der Waals surface area contributed by atoms with E-state index >= 15 is 0 Å². The van der Waals surface area contributed by atoms with Crippen LogP contribution in [0.5, 0.6) is 0 Å². The molecule has 0 aliphatic heterocycles. The van der Waals surface area contributed by atoms with Crippen LogP contribution in [-0.2, 0) is 11.2 Å². The fourth-order valence-corrected chi connectivity index (χ4v) is 3.76. The molecule has 0 radical (unpaired) electrons. The molecule has 2 unspecified atom stereocenters. The summed E-state index contributed by atoms with van der Waals surface area (Å²) in [4.78, 5) is 25.7. The summed E-state index contributed by atoms with van der Waals surface area (Å²) in [5.74, 6) is -1.66. The maximum absolute atomic E-state index is 12.9. The molecule has 0 saturated carbocycles. The largest absolute Gasteiger partial charge is 0.475 e. The van der Waals surface area contributed by atoms with Crippen LogP contribution in [-0.4, -0.2) is 34.9 Å². The Morgan fingerprint density at radius 1 is 0.939 bits per heavy atom. The second-order valence-corrected chi connectivity index (χ2v) is 8.31. The first-order valence-corrected chi connectivity index (χ1v) is 11.0. The number of amides is 2. The van der Waals surface area contributed by atoms with Crippen LogP contribution in [0.4, 0.5) is 0 Å². The van der Waals surface area contributed by atoms with Crippen LogP contribution in [0.3, 0.4) is 0 Å². The summed E-state index contributed by atoms with van der Waals surface area (Å²) < 4.78 is 0. The average Bonchev–Trinajstić information content (AvgIpc) is 2.80. The van der Waals surface area contributed by atoms with Crippen molar-refractivity contribution in [1.82, 2.24) is 10.6 Å². The van der Waals surface area contributed by atoms with Crippen molar-refractivity contribution in [3.63, 3.8) is 0 Å². The average molecular weight is 465 g/mol. The van der Waals surface area contributed by atoms with E-state index in [1.165, 1.54) is 0 Å². The fraction of sp³-hybridized carbons (Fsp3) is 0.200. The highest BCUT2D eigenvalue weighted by molar-refractivity contribution is 6.43. The Balaban J connectivity index is 1.75. The standard InChI is InChI=1S/C25H26BClN2O4/c1-17-8-5-6-11-19(17)15-23(26(32)33)29-24(30)16-22(20-12-7-13-21(27)14-20)28-25(31)18-9-3-2-4-10-18/h2-14,22-23,32-33H,15-16H2,1H3,(H,28,31)(H,29,30). The smallest absolute Gasteiger partial charge is 0.426 e. The minimum Gasteiger partial charge on any atom is -0.426 e. The maximum Gasteiger partial charge on any atom is 0.475 e. The van der Waals surface area contributed by atoms with Gasteiger partial charge in [-0.3, -0.25) is 9.59 Å². The lowest BCUT2D eigenvalue weighted by Gasteiger charge is -2.23. The van der Waals surface area contributed by atoms with Crippen LogP contribution >= 0.6 is 11.6 Å². The Bertz CT molecular complexity index is 1090. The van der Waals surface area contributed by atoms with Crippen molar-refractivity contribution >= 4 is 30.5 Å². The molecular formula is C25H26BClN2O4. The predicted octanol–water partition coefficient (Wildman–Crippen LogP) is 3.25. The van der Waals surface area contributed by atoms with Gasteiger partial charge in [0.25, 0.3) is 5.91 Å². The Morgan fingerprint density at radius 3 is 2.30 bits per heavy atom. The Labute approximate surface area is 198 Å². The van der Waals surface area contributed by atoms with Crippen molar-refractivity contribution in [1.29, 1.82) is 0 Å². The van der Waals surface area contributed by atoms with Crippen LogP contribution in [0.25, 0.3) is 0 Å². The molecule has 33 heavy (non-hydrogen) atoms. The van der Waals surface area contributed by atoms with Crippen molar-refractivity contribution in [2.24, 2.45) is 0 Å². The number of carbonyl (C=O) groups is 2. The first-order valence-electron chi connectivity index (χ1n) is 10.6. The Hall–Kier alpha value is -3.13. The lowest BCUT2D eigenvalue weighted by Crippen LogP contribution is -2.48. The molecule has 3 aromatic carbocycles. The molecule has 0 aromatic heterocycles. The van der Waals surface area contributed by atoms with Crippen LogP contribution in [0, 0.1) is 6.92 Å². The van der Waals surface area contributed by atoms with Gasteiger partial charge in [-0.1, -0.05) is 66.2 Å². The van der Waals surface area contributed by atoms with Gasteiger partial charge >= 0.3 is 7.12 Å². The molecule has 2 atom stereocenters. The van der Waals surface area contributed by atoms with Gasteiger partial charge < -0.3 is 20.7 Å². The summed E-state index contributed by atoms with van der Waals surface area (Å²) in [6.07, 6.45) is 0.157. The first-order chi connectivity index (χ1) is 15.8. The van der Waals surface area contributed by atoms with Crippen molar-refractivity contribution < 1.29 is 19.6 Å². The molecule has 0 aliphatic rings. The summed E-state index contributed by atoms with van der Waals surface area (Å²) in [5.41, 5.74) is 3.03. The summed E-state index contributed by atoms with van der Waals surface area (Å²) in [5, 5.41) is 25.8. The second-order valence-electron chi connectivity index (χ2n) is 7.87. The molecule has 2 amide bonds. The lowest BCUT2D eigenvalue weighted by atomic mass is 9.75. The quantitative estimate of drug-likeness (QED) is 0.365. The van der Waals surface area contributed by atoms with Crippen LogP contribution in [0.1, 0.15) is 39.5 Å². The summed E-state index contributed by atoms with van der Waals surface area (Å²) in [6.45, 7) is 1.92. The highest BCUT2D eigenvalue weighted by Gasteiger charge is 2.28. The molecule has 3 rings (SSSR count). The number of halogens is 1. The highest BCUT2D eigenvalue weighted by Crippen LogP contribution is 2.22. The van der Waals surface area contributed by atoms with E-state index in [0.717, 1.165) is 11.1 Å². The van der Waals surface area contributed by atoms with Gasteiger partial charge in [-0.15, -0.1) is 0 Å². The normalized spacial score (nSPS) is 12.5. The number of hydrogen-bond donors (Lipinski definition) is 4. The molecule has 4 N–H and O–H groups in total. The zero-order valence-corrected chi connectivity index (χ0v) is 19.0. The van der Waals surface area contributed by atoms with Gasteiger partial charge in [0.05, 0.1) is 18.4 Å². The molecule has 0 fully saturated rings. The van der Waals surface area contributed by atoms with E-state index in [9.17, 15) is 19.6 Å². The van der Waals surface area contributed by atoms with Gasteiger partial charge in [0, 0.05) is 10.6 Å². The zero-order valence-electron chi connectivity index (χ0n) is 18.2. The molecule has 3 aromatic rings. The molecule has 0 bridgehead atoms. The third-order valence-corrected chi connectivity index (χ3v) is 5.62. The number of rotatable bonds is 9. The van der Waals surface area contributed by atoms with E-state index in [0.29, 0.717) is 16.1 Å². The van der Waals surface area contributed by atoms with E-state index in [2.05, 4.69) is 10.6 Å². The number of nitrogens with one attached hydrogen (secondary N) is 2. The fourth-order valence-electron chi connectivity index (χ4n) is 3.56. The zero-order chi connectivity index (χ0) is 23.8. The van der Waals surface area contributed by atoms with Crippen molar-refractivity contribution in [3.8, 4) is 0 Å². The van der Waals surface area contributed by atoms with Crippen LogP contribution in [0.15, 0.2) is 78.9 Å². The third kappa shape index (κ3) is 7.19. The number of carbonyl (C=O) groups excluding carboxylic acids is 2. The van der Waals surface area contributed by atoms with Gasteiger partial charge in [0.1, 0.15) is 0 Å². The number of hydrogen-bond acceptors (Lipinski definition) is 4. The van der Waals surface area contributed by atoms with Gasteiger partial charge in [0.15, 0.2) is 0 Å². The topological polar surface area (TPSA) is 98.7 Å². The molecule has 0 saturated heterocycles. The minimum atomic E-state index is -1.74. The van der Waals surface area contributed by atoms with Crippen LogP contribution in [0.2, 0.25) is 5.02 Å². The molecule has 0 aliphatic carbocycles. The highest BCUT2D eigenvalue weighted by atomic mass is 35.5. The molecular weight excluding hydrogens is 439 g/mol. The second kappa shape index (κ2) is 11.7. The molecule has 0 spiro atoms. The van der Waals surface area contributed by atoms with Crippen molar-refractivity contribution in [2.45, 2.75) is 31.7 Å². The third-order valence-electron chi connectivity index (χ3n) is 5.39. The SMILES string of the molecule is Cc1ccccc1CC(NC(=O)CC(NC(=O)c1ccccc1)c1cccc(Cl)c1)B(O)O. The molecule has 170 valence electrons. The number of benzene rings is 3. The van der Waals surface area contributed by atoms with E-state index < -0.39 is 25.0 Å². The Kier molecular flexibility index (Phi) is 8.66.